The van der Waals surface area contributed by atoms with E-state index in [1.165, 1.54) is 16.5 Å². The van der Waals surface area contributed by atoms with Gasteiger partial charge in [0.1, 0.15) is 0 Å². The maximum Gasteiger partial charge on any atom is 0.169 e. The molecule has 2 heteroatoms. The molecule has 1 aromatic carbocycles. The van der Waals surface area contributed by atoms with Crippen molar-refractivity contribution in [3.8, 4) is 0 Å². The maximum atomic E-state index is 3.96. The van der Waals surface area contributed by atoms with Gasteiger partial charge in [-0.3, -0.25) is 0 Å². The molecule has 0 aliphatic rings. The molecule has 0 aliphatic carbocycles. The van der Waals surface area contributed by atoms with Crippen molar-refractivity contribution in [2.75, 3.05) is 0 Å². The number of nitrogens with zero attached hydrogens (tertiary/aromatic N) is 1. The van der Waals surface area contributed by atoms with Crippen LogP contribution in [0.25, 0.3) is 17.0 Å². The number of rotatable bonds is 5. The lowest BCUT2D eigenvalue weighted by molar-refractivity contribution is 0.773. The average molecular weight is 300 g/mol. The van der Waals surface area contributed by atoms with Gasteiger partial charge in [0.2, 0.25) is 0 Å². The molecule has 1 aromatic heterocycles. The highest BCUT2D eigenvalue weighted by molar-refractivity contribution is 6.82. The topological polar surface area (TPSA) is 4.93 Å². The van der Waals surface area contributed by atoms with Crippen molar-refractivity contribution in [2.45, 2.75) is 58.2 Å². The van der Waals surface area contributed by atoms with Gasteiger partial charge in [-0.15, -0.1) is 0 Å². The third kappa shape index (κ3) is 2.30. The minimum atomic E-state index is -1.67. The lowest BCUT2D eigenvalue weighted by atomic mass is 10.1. The molecular formula is C19H29NSi. The Balaban J connectivity index is 2.81. The largest absolute Gasteiger partial charge is 0.373 e. The first-order valence-corrected chi connectivity index (χ1v) is 10.3. The van der Waals surface area contributed by atoms with Gasteiger partial charge < -0.3 is 4.23 Å². The van der Waals surface area contributed by atoms with Crippen LogP contribution in [0.15, 0.2) is 37.0 Å². The maximum absolute atomic E-state index is 3.96. The van der Waals surface area contributed by atoms with E-state index in [4.69, 9.17) is 0 Å². The van der Waals surface area contributed by atoms with Gasteiger partial charge in [-0.1, -0.05) is 66.3 Å². The van der Waals surface area contributed by atoms with E-state index in [0.29, 0.717) is 16.6 Å². The van der Waals surface area contributed by atoms with Crippen LogP contribution in [0.3, 0.4) is 0 Å². The molecule has 0 saturated heterocycles. The molecule has 0 aliphatic heterocycles. The second-order valence-corrected chi connectivity index (χ2v) is 12.7. The summed E-state index contributed by atoms with van der Waals surface area (Å²) in [5, 5.41) is 1.34. The second kappa shape index (κ2) is 5.84. The van der Waals surface area contributed by atoms with Gasteiger partial charge in [-0.2, -0.15) is 0 Å². The fourth-order valence-corrected chi connectivity index (χ4v) is 11.2. The number of hydrogen-bond acceptors (Lipinski definition) is 0. The summed E-state index contributed by atoms with van der Waals surface area (Å²) in [6, 6.07) is 8.87. The molecule has 0 N–H and O–H groups in total. The number of aromatic nitrogens is 1. The van der Waals surface area contributed by atoms with E-state index in [0.717, 1.165) is 0 Å². The highest BCUT2D eigenvalue weighted by atomic mass is 28.3. The van der Waals surface area contributed by atoms with E-state index in [9.17, 15) is 0 Å². The first-order valence-electron chi connectivity index (χ1n) is 8.10. The van der Waals surface area contributed by atoms with Gasteiger partial charge in [0, 0.05) is 10.9 Å². The Bertz CT molecular complexity index is 612. The lowest BCUT2D eigenvalue weighted by Crippen LogP contribution is -2.51. The second-order valence-electron chi connectivity index (χ2n) is 7.02. The zero-order valence-electron chi connectivity index (χ0n) is 14.4. The van der Waals surface area contributed by atoms with Gasteiger partial charge in [-0.25, -0.2) is 0 Å². The predicted molar refractivity (Wildman–Crippen MR) is 98.5 cm³/mol. The van der Waals surface area contributed by atoms with Crippen LogP contribution in [0.1, 0.15) is 47.1 Å². The van der Waals surface area contributed by atoms with Gasteiger partial charge in [0.15, 0.2) is 8.24 Å². The Morgan fingerprint density at radius 1 is 0.952 bits per heavy atom. The first-order chi connectivity index (χ1) is 9.87. The van der Waals surface area contributed by atoms with Crippen molar-refractivity contribution in [3.63, 3.8) is 0 Å². The molecule has 0 amide bonds. The average Bonchev–Trinajstić information content (AvgIpc) is 2.82. The fraction of sp³-hybridized carbons (Fsp3) is 0.474. The highest BCUT2D eigenvalue weighted by Crippen LogP contribution is 2.44. The Labute approximate surface area is 130 Å². The molecule has 0 spiro atoms. The van der Waals surface area contributed by atoms with Crippen molar-refractivity contribution < 1.29 is 0 Å². The van der Waals surface area contributed by atoms with E-state index in [1.807, 2.05) is 6.08 Å². The zero-order chi connectivity index (χ0) is 15.8. The SMILES string of the molecule is C=Cc1cccc2c1ccn2[Si](C(C)C)(C(C)C)C(C)C. The number of fused-ring (bicyclic) bond motifs is 1. The van der Waals surface area contributed by atoms with E-state index in [-0.39, 0.29) is 0 Å². The van der Waals surface area contributed by atoms with Crippen LogP contribution in [-0.4, -0.2) is 12.5 Å². The summed E-state index contributed by atoms with van der Waals surface area (Å²) in [6.45, 7) is 18.4. The monoisotopic (exact) mass is 299 g/mol. The summed E-state index contributed by atoms with van der Waals surface area (Å²) in [4.78, 5) is 0. The first kappa shape index (κ1) is 16.1. The Morgan fingerprint density at radius 2 is 1.52 bits per heavy atom. The summed E-state index contributed by atoms with van der Waals surface area (Å²) in [5.41, 5.74) is 4.75. The minimum Gasteiger partial charge on any atom is -0.373 e. The van der Waals surface area contributed by atoms with Crippen molar-refractivity contribution in [2.24, 2.45) is 0 Å². The Morgan fingerprint density at radius 3 is 2.00 bits per heavy atom. The summed E-state index contributed by atoms with van der Waals surface area (Å²) in [6.07, 6.45) is 4.31. The van der Waals surface area contributed by atoms with Gasteiger partial charge in [-0.05, 0) is 40.5 Å². The van der Waals surface area contributed by atoms with E-state index in [2.05, 4.69) is 82.8 Å². The molecule has 2 aromatic rings. The van der Waals surface area contributed by atoms with Crippen LogP contribution < -0.4 is 0 Å². The third-order valence-corrected chi connectivity index (χ3v) is 12.0. The Kier molecular flexibility index (Phi) is 4.48. The molecule has 0 fully saturated rings. The summed E-state index contributed by atoms with van der Waals surface area (Å²) < 4.78 is 2.66. The molecule has 0 atom stereocenters. The number of hydrogen-bond donors (Lipinski definition) is 0. The van der Waals surface area contributed by atoms with Crippen LogP contribution >= 0.6 is 0 Å². The van der Waals surface area contributed by atoms with Crippen molar-refractivity contribution in [1.82, 2.24) is 4.23 Å². The molecule has 2 rings (SSSR count). The molecule has 21 heavy (non-hydrogen) atoms. The normalized spacial score (nSPS) is 12.8. The standard InChI is InChI=1S/C19H29NSi/c1-8-17-10-9-11-19-18(17)12-13-20(19)21(14(2)3,15(4)5)16(6)7/h8-16H,1H2,2-7H3. The highest BCUT2D eigenvalue weighted by Gasteiger charge is 2.45. The van der Waals surface area contributed by atoms with Gasteiger partial charge in [0.05, 0.1) is 0 Å². The molecule has 1 nitrogen and oxygen atoms in total. The van der Waals surface area contributed by atoms with E-state index >= 15 is 0 Å². The van der Waals surface area contributed by atoms with Crippen LogP contribution in [0, 0.1) is 0 Å². The van der Waals surface area contributed by atoms with E-state index in [1.54, 1.807) is 0 Å². The molecular weight excluding hydrogens is 270 g/mol. The number of benzene rings is 1. The molecule has 0 bridgehead atoms. The van der Waals surface area contributed by atoms with Crippen LogP contribution in [0.4, 0.5) is 0 Å². The summed E-state index contributed by atoms with van der Waals surface area (Å²) in [7, 11) is -1.67. The summed E-state index contributed by atoms with van der Waals surface area (Å²) in [5.74, 6) is 0. The molecule has 114 valence electrons. The fourth-order valence-electron chi connectivity index (χ4n) is 4.54. The Hall–Kier alpha value is -1.28. The van der Waals surface area contributed by atoms with Crippen molar-refractivity contribution >= 4 is 25.2 Å². The zero-order valence-corrected chi connectivity index (χ0v) is 15.4. The molecule has 0 unspecified atom stereocenters. The van der Waals surface area contributed by atoms with Crippen LogP contribution in [0.2, 0.25) is 16.6 Å². The van der Waals surface area contributed by atoms with Crippen molar-refractivity contribution in [1.29, 1.82) is 0 Å². The minimum absolute atomic E-state index is 0.709. The quantitative estimate of drug-likeness (QED) is 0.570. The van der Waals surface area contributed by atoms with E-state index < -0.39 is 8.24 Å². The smallest absolute Gasteiger partial charge is 0.169 e. The van der Waals surface area contributed by atoms with Crippen LogP contribution in [0.5, 0.6) is 0 Å². The lowest BCUT2D eigenvalue weighted by Gasteiger charge is -2.44. The van der Waals surface area contributed by atoms with Crippen molar-refractivity contribution in [3.05, 3.63) is 42.6 Å². The van der Waals surface area contributed by atoms with Gasteiger partial charge in [0.25, 0.3) is 0 Å². The third-order valence-electron chi connectivity index (χ3n) is 5.18. The predicted octanol–water partition coefficient (Wildman–Crippen LogP) is 6.31. The molecule has 1 heterocycles. The molecule has 0 radical (unpaired) electrons. The summed E-state index contributed by atoms with van der Waals surface area (Å²) >= 11 is 0. The molecule has 0 saturated carbocycles. The van der Waals surface area contributed by atoms with Crippen LogP contribution in [-0.2, 0) is 0 Å². The van der Waals surface area contributed by atoms with Gasteiger partial charge >= 0.3 is 0 Å².